The van der Waals surface area contributed by atoms with E-state index in [0.717, 1.165) is 6.07 Å². The average Bonchev–Trinajstić information content (AvgIpc) is 3.12. The van der Waals surface area contributed by atoms with Crippen LogP contribution < -0.4 is 5.32 Å². The van der Waals surface area contributed by atoms with Crippen molar-refractivity contribution >= 4 is 17.2 Å². The lowest BCUT2D eigenvalue weighted by molar-refractivity contribution is -0.137. The SMILES string of the molecule is O=C(Nc1ccncc1)c1ccnc2cc(-c3ccccc3C(F)(F)F)nn12. The largest absolute Gasteiger partial charge is 0.417 e. The van der Waals surface area contributed by atoms with Gasteiger partial charge in [0, 0.05) is 35.9 Å². The number of alkyl halides is 3. The number of anilines is 1. The van der Waals surface area contributed by atoms with Crippen LogP contribution in [-0.4, -0.2) is 25.5 Å². The van der Waals surface area contributed by atoms with E-state index in [1.54, 1.807) is 12.1 Å². The predicted molar refractivity (Wildman–Crippen MR) is 95.6 cm³/mol. The monoisotopic (exact) mass is 383 g/mol. The fourth-order valence-electron chi connectivity index (χ4n) is 2.78. The number of carbonyl (C=O) groups is 1. The minimum absolute atomic E-state index is 0.0737. The Morgan fingerprint density at radius 3 is 2.50 bits per heavy atom. The molecule has 0 fully saturated rings. The maximum absolute atomic E-state index is 13.3. The highest BCUT2D eigenvalue weighted by atomic mass is 19.4. The highest BCUT2D eigenvalue weighted by Crippen LogP contribution is 2.36. The molecule has 0 aliphatic carbocycles. The van der Waals surface area contributed by atoms with Crippen LogP contribution in [0, 0.1) is 0 Å². The first kappa shape index (κ1) is 17.7. The first-order chi connectivity index (χ1) is 13.4. The lowest BCUT2D eigenvalue weighted by atomic mass is 10.0. The normalized spacial score (nSPS) is 11.5. The van der Waals surface area contributed by atoms with Gasteiger partial charge in [0.15, 0.2) is 5.65 Å². The number of amides is 1. The number of aromatic nitrogens is 4. The van der Waals surface area contributed by atoms with Crippen molar-refractivity contribution in [2.75, 3.05) is 5.32 Å². The fraction of sp³-hybridized carbons (Fsp3) is 0.0526. The predicted octanol–water partition coefficient (Wildman–Crippen LogP) is 4.06. The number of benzene rings is 1. The second-order valence-corrected chi connectivity index (χ2v) is 5.86. The smallest absolute Gasteiger partial charge is 0.321 e. The van der Waals surface area contributed by atoms with Crippen LogP contribution in [0.25, 0.3) is 16.9 Å². The number of rotatable bonds is 3. The molecule has 4 rings (SSSR count). The number of halogens is 3. The van der Waals surface area contributed by atoms with Crippen LogP contribution in [0.15, 0.2) is 67.1 Å². The number of pyridine rings is 1. The van der Waals surface area contributed by atoms with Crippen LogP contribution in [0.2, 0.25) is 0 Å². The Bertz CT molecular complexity index is 1160. The van der Waals surface area contributed by atoms with Crippen molar-refractivity contribution < 1.29 is 18.0 Å². The summed E-state index contributed by atoms with van der Waals surface area (Å²) in [6, 6.07) is 11.2. The standard InChI is InChI=1S/C19H12F3N5O/c20-19(21,22)14-4-2-1-3-13(14)15-11-17-24-10-7-16(27(17)26-15)18(28)25-12-5-8-23-9-6-12/h1-11H,(H,23,25,28). The summed E-state index contributed by atoms with van der Waals surface area (Å²) in [4.78, 5) is 20.6. The van der Waals surface area contributed by atoms with Gasteiger partial charge >= 0.3 is 6.18 Å². The van der Waals surface area contributed by atoms with Crippen LogP contribution >= 0.6 is 0 Å². The van der Waals surface area contributed by atoms with E-state index in [4.69, 9.17) is 0 Å². The summed E-state index contributed by atoms with van der Waals surface area (Å²) in [6.07, 6.45) is -0.0744. The third-order valence-electron chi connectivity index (χ3n) is 4.04. The van der Waals surface area contributed by atoms with Crippen LogP contribution in [0.5, 0.6) is 0 Å². The maximum atomic E-state index is 13.3. The molecule has 3 heterocycles. The molecule has 1 N–H and O–H groups in total. The van der Waals surface area contributed by atoms with Crippen molar-refractivity contribution in [3.8, 4) is 11.3 Å². The van der Waals surface area contributed by atoms with Gasteiger partial charge in [-0.25, -0.2) is 9.50 Å². The van der Waals surface area contributed by atoms with Gasteiger partial charge in [-0.1, -0.05) is 18.2 Å². The van der Waals surface area contributed by atoms with Crippen LogP contribution in [-0.2, 0) is 6.18 Å². The van der Waals surface area contributed by atoms with E-state index in [1.807, 2.05) is 0 Å². The van der Waals surface area contributed by atoms with Crippen molar-refractivity contribution in [2.24, 2.45) is 0 Å². The number of nitrogens with one attached hydrogen (secondary N) is 1. The minimum Gasteiger partial charge on any atom is -0.321 e. The summed E-state index contributed by atoms with van der Waals surface area (Å²) >= 11 is 0. The zero-order valence-corrected chi connectivity index (χ0v) is 14.2. The van der Waals surface area contributed by atoms with Crippen molar-refractivity contribution in [1.29, 1.82) is 0 Å². The molecule has 0 aliphatic rings. The Labute approximate surface area is 156 Å². The zero-order valence-electron chi connectivity index (χ0n) is 14.2. The summed E-state index contributed by atoms with van der Waals surface area (Å²) in [7, 11) is 0. The van der Waals surface area contributed by atoms with Crippen molar-refractivity contribution in [2.45, 2.75) is 6.18 Å². The maximum Gasteiger partial charge on any atom is 0.417 e. The molecule has 0 radical (unpaired) electrons. The molecule has 9 heteroatoms. The second-order valence-electron chi connectivity index (χ2n) is 5.86. The van der Waals surface area contributed by atoms with Gasteiger partial charge in [0.25, 0.3) is 5.91 Å². The molecule has 3 aromatic heterocycles. The second kappa shape index (κ2) is 6.76. The Kier molecular flexibility index (Phi) is 4.26. The summed E-state index contributed by atoms with van der Waals surface area (Å²) < 4.78 is 41.2. The van der Waals surface area contributed by atoms with Gasteiger partial charge in [0.2, 0.25) is 0 Å². The molecule has 0 saturated carbocycles. The number of carbonyl (C=O) groups excluding carboxylic acids is 1. The summed E-state index contributed by atoms with van der Waals surface area (Å²) in [5, 5.41) is 6.89. The van der Waals surface area contributed by atoms with Crippen molar-refractivity contribution in [3.05, 3.63) is 78.4 Å². The molecule has 0 atom stereocenters. The molecule has 0 unspecified atom stereocenters. The molecule has 1 aromatic carbocycles. The third-order valence-corrected chi connectivity index (χ3v) is 4.04. The Hall–Kier alpha value is -3.75. The van der Waals surface area contributed by atoms with E-state index in [9.17, 15) is 18.0 Å². The van der Waals surface area contributed by atoms with E-state index in [0.29, 0.717) is 5.69 Å². The molecule has 140 valence electrons. The molecule has 0 spiro atoms. The third kappa shape index (κ3) is 3.29. The van der Waals surface area contributed by atoms with Gasteiger partial charge in [-0.3, -0.25) is 9.78 Å². The average molecular weight is 383 g/mol. The Balaban J connectivity index is 1.78. The molecule has 28 heavy (non-hydrogen) atoms. The minimum atomic E-state index is -4.53. The number of nitrogens with zero attached hydrogens (tertiary/aromatic N) is 4. The van der Waals surface area contributed by atoms with Gasteiger partial charge in [-0.2, -0.15) is 18.3 Å². The fourth-order valence-corrected chi connectivity index (χ4v) is 2.78. The lowest BCUT2D eigenvalue weighted by Gasteiger charge is -2.10. The van der Waals surface area contributed by atoms with E-state index >= 15 is 0 Å². The molecule has 1 amide bonds. The summed E-state index contributed by atoms with van der Waals surface area (Å²) in [6.45, 7) is 0. The molecular formula is C19H12F3N5O. The Morgan fingerprint density at radius 1 is 1.00 bits per heavy atom. The number of fused-ring (bicyclic) bond motifs is 1. The molecule has 4 aromatic rings. The highest BCUT2D eigenvalue weighted by molar-refractivity contribution is 6.03. The van der Waals surface area contributed by atoms with Crippen LogP contribution in [0.1, 0.15) is 16.1 Å². The van der Waals surface area contributed by atoms with Gasteiger partial charge in [-0.05, 0) is 24.3 Å². The van der Waals surface area contributed by atoms with Crippen molar-refractivity contribution in [3.63, 3.8) is 0 Å². The Morgan fingerprint density at radius 2 is 1.75 bits per heavy atom. The zero-order chi connectivity index (χ0) is 19.7. The number of hydrogen-bond donors (Lipinski definition) is 1. The lowest BCUT2D eigenvalue weighted by Crippen LogP contribution is -2.16. The molecular weight excluding hydrogens is 371 g/mol. The molecule has 0 saturated heterocycles. The van der Waals surface area contributed by atoms with E-state index in [2.05, 4.69) is 20.4 Å². The molecule has 0 aliphatic heterocycles. The van der Waals surface area contributed by atoms with Crippen LogP contribution in [0.3, 0.4) is 0 Å². The van der Waals surface area contributed by atoms with Gasteiger partial charge in [0.05, 0.1) is 11.3 Å². The summed E-state index contributed by atoms with van der Waals surface area (Å²) in [5.74, 6) is -0.475. The summed E-state index contributed by atoms with van der Waals surface area (Å²) in [5.41, 5.74) is 0.110. The first-order valence-electron chi connectivity index (χ1n) is 8.16. The van der Waals surface area contributed by atoms with Gasteiger partial charge in [-0.15, -0.1) is 0 Å². The highest BCUT2D eigenvalue weighted by Gasteiger charge is 2.34. The number of hydrogen-bond acceptors (Lipinski definition) is 4. The van der Waals surface area contributed by atoms with Gasteiger partial charge < -0.3 is 5.32 Å². The van der Waals surface area contributed by atoms with E-state index in [1.165, 1.54) is 53.4 Å². The van der Waals surface area contributed by atoms with Gasteiger partial charge in [0.1, 0.15) is 5.69 Å². The van der Waals surface area contributed by atoms with E-state index in [-0.39, 0.29) is 22.6 Å². The molecule has 0 bridgehead atoms. The first-order valence-corrected chi connectivity index (χ1v) is 8.16. The van der Waals surface area contributed by atoms with E-state index < -0.39 is 17.6 Å². The topological polar surface area (TPSA) is 72.2 Å². The van der Waals surface area contributed by atoms with Crippen LogP contribution in [0.4, 0.5) is 18.9 Å². The quantitative estimate of drug-likeness (QED) is 0.579. The van der Waals surface area contributed by atoms with Crippen molar-refractivity contribution in [1.82, 2.24) is 19.6 Å². The molecule has 6 nitrogen and oxygen atoms in total.